The van der Waals surface area contributed by atoms with E-state index in [-0.39, 0.29) is 43.3 Å². The number of likely N-dealkylation sites (N-methyl/N-ethyl adjacent to an activating group) is 1. The predicted octanol–water partition coefficient (Wildman–Crippen LogP) is -0.00920. The van der Waals surface area contributed by atoms with E-state index in [1.54, 1.807) is 38.4 Å². The van der Waals surface area contributed by atoms with E-state index in [4.69, 9.17) is 9.84 Å². The molecule has 1 aromatic carbocycles. The van der Waals surface area contributed by atoms with E-state index in [9.17, 15) is 14.4 Å². The van der Waals surface area contributed by atoms with Gasteiger partial charge in [-0.05, 0) is 11.6 Å². The van der Waals surface area contributed by atoms with Crippen LogP contribution in [0.25, 0.3) is 0 Å². The van der Waals surface area contributed by atoms with Crippen LogP contribution in [0.3, 0.4) is 0 Å². The zero-order chi connectivity index (χ0) is 19.3. The van der Waals surface area contributed by atoms with Crippen LogP contribution in [0.5, 0.6) is 0 Å². The third-order valence-corrected chi connectivity index (χ3v) is 4.07. The largest absolute Gasteiger partial charge is 0.466 e. The summed E-state index contributed by atoms with van der Waals surface area (Å²) < 4.78 is 4.76. The van der Waals surface area contributed by atoms with Crippen LogP contribution in [0.4, 0.5) is 5.69 Å². The number of esters is 1. The zero-order valence-electron chi connectivity index (χ0n) is 15.1. The molecule has 0 saturated carbocycles. The Labute approximate surface area is 152 Å². The fourth-order valence-electron chi connectivity index (χ4n) is 2.60. The number of ether oxygens (including phenoxy) is 1. The molecule has 1 aliphatic heterocycles. The Balaban J connectivity index is 2.34. The van der Waals surface area contributed by atoms with Gasteiger partial charge in [0.15, 0.2) is 0 Å². The molecule has 0 unspecified atom stereocenters. The fourth-order valence-corrected chi connectivity index (χ4v) is 2.60. The molecule has 1 heterocycles. The monoisotopic (exact) mass is 361 g/mol. The van der Waals surface area contributed by atoms with Crippen molar-refractivity contribution in [2.75, 3.05) is 46.2 Å². The van der Waals surface area contributed by atoms with Crippen molar-refractivity contribution in [3.63, 3.8) is 0 Å². The lowest BCUT2D eigenvalue weighted by Gasteiger charge is -2.17. The molecular weight excluding hydrogens is 338 g/mol. The van der Waals surface area contributed by atoms with Crippen molar-refractivity contribution in [2.45, 2.75) is 6.42 Å². The molecule has 26 heavy (non-hydrogen) atoms. The summed E-state index contributed by atoms with van der Waals surface area (Å²) in [5, 5.41) is 12.1. The molecule has 1 aliphatic rings. The Hall–Kier alpha value is -2.87. The minimum Gasteiger partial charge on any atom is -0.466 e. The molecule has 2 N–H and O–H groups in total. The Bertz CT molecular complexity index is 742. The first-order valence-corrected chi connectivity index (χ1v) is 8.15. The van der Waals surface area contributed by atoms with Crippen molar-refractivity contribution in [2.24, 2.45) is 0 Å². The maximum atomic E-state index is 12.6. The molecule has 0 saturated heterocycles. The molecule has 0 aromatic heterocycles. The van der Waals surface area contributed by atoms with Crippen LogP contribution in [0.2, 0.25) is 0 Å². The van der Waals surface area contributed by atoms with Crippen molar-refractivity contribution >= 4 is 23.5 Å². The van der Waals surface area contributed by atoms with Crippen molar-refractivity contribution in [3.8, 4) is 0 Å². The second-order valence-electron chi connectivity index (χ2n) is 6.04. The summed E-state index contributed by atoms with van der Waals surface area (Å²) in [5.41, 5.74) is 1.57. The third-order valence-electron chi connectivity index (χ3n) is 4.07. The normalized spacial score (nSPS) is 13.8. The van der Waals surface area contributed by atoms with Gasteiger partial charge in [0.25, 0.3) is 5.91 Å². The average Bonchev–Trinajstić information content (AvgIpc) is 2.92. The molecule has 0 aliphatic carbocycles. The first-order chi connectivity index (χ1) is 12.4. The van der Waals surface area contributed by atoms with E-state index < -0.39 is 11.9 Å². The number of hydrogen-bond acceptors (Lipinski definition) is 6. The lowest BCUT2D eigenvalue weighted by molar-refractivity contribution is -0.136. The molecule has 0 bridgehead atoms. The number of methoxy groups -OCH3 is 1. The molecule has 140 valence electrons. The topological polar surface area (TPSA) is 99.2 Å². The molecule has 8 nitrogen and oxygen atoms in total. The first-order valence-electron chi connectivity index (χ1n) is 8.15. The van der Waals surface area contributed by atoms with Crippen LogP contribution in [-0.4, -0.2) is 73.6 Å². The molecule has 0 fully saturated rings. The highest BCUT2D eigenvalue weighted by atomic mass is 16.5. The Morgan fingerprint density at radius 3 is 2.62 bits per heavy atom. The molecular formula is C18H23N3O5. The van der Waals surface area contributed by atoms with Crippen LogP contribution in [0.15, 0.2) is 35.5 Å². The van der Waals surface area contributed by atoms with Gasteiger partial charge in [0.2, 0.25) is 5.91 Å². The maximum absolute atomic E-state index is 12.6. The van der Waals surface area contributed by atoms with Crippen molar-refractivity contribution in [3.05, 3.63) is 41.1 Å². The van der Waals surface area contributed by atoms with Crippen LogP contribution in [-0.2, 0) is 25.5 Å². The Kier molecular flexibility index (Phi) is 6.35. The number of carbonyl (C=O) groups is 3. The average molecular weight is 361 g/mol. The first kappa shape index (κ1) is 19.5. The number of nitrogens with one attached hydrogen (secondary N) is 1. The van der Waals surface area contributed by atoms with E-state index in [1.165, 1.54) is 16.9 Å². The van der Waals surface area contributed by atoms with Crippen LogP contribution < -0.4 is 5.32 Å². The summed E-state index contributed by atoms with van der Waals surface area (Å²) in [6, 6.07) is 7.10. The van der Waals surface area contributed by atoms with Gasteiger partial charge in [0.05, 0.1) is 32.3 Å². The van der Waals surface area contributed by atoms with Gasteiger partial charge in [-0.1, -0.05) is 18.2 Å². The van der Waals surface area contributed by atoms with Crippen molar-refractivity contribution in [1.82, 2.24) is 9.80 Å². The summed E-state index contributed by atoms with van der Waals surface area (Å²) in [6.07, 6.45) is 0.158. The molecule has 8 heteroatoms. The zero-order valence-corrected chi connectivity index (χ0v) is 15.1. The highest BCUT2D eigenvalue weighted by Crippen LogP contribution is 2.25. The number of hydrogen-bond donors (Lipinski definition) is 2. The van der Waals surface area contributed by atoms with Crippen LogP contribution in [0.1, 0.15) is 5.56 Å². The number of aliphatic hydroxyl groups excluding tert-OH is 1. The molecule has 0 spiro atoms. The van der Waals surface area contributed by atoms with Gasteiger partial charge in [-0.25, -0.2) is 4.79 Å². The lowest BCUT2D eigenvalue weighted by atomic mass is 10.1. The highest BCUT2D eigenvalue weighted by Gasteiger charge is 2.34. The van der Waals surface area contributed by atoms with Gasteiger partial charge in [0.1, 0.15) is 5.70 Å². The summed E-state index contributed by atoms with van der Waals surface area (Å²) in [4.78, 5) is 39.5. The fraction of sp³-hybridized carbons (Fsp3) is 0.389. The van der Waals surface area contributed by atoms with Crippen LogP contribution in [0, 0.1) is 0 Å². The number of nitrogens with zero attached hydrogens (tertiary/aromatic N) is 2. The smallest absolute Gasteiger partial charge is 0.337 e. The highest BCUT2D eigenvalue weighted by molar-refractivity contribution is 6.08. The standard InChI is InChI=1S/C18H23N3O5/c1-20(2)15(23)10-12-6-4-5-7-14(12)19-16-13(18(25)26-3)11-21(8-9-22)17(16)24/h4-7,19,22H,8-11H2,1-3H3. The van der Waals surface area contributed by atoms with Gasteiger partial charge in [0, 0.05) is 26.3 Å². The summed E-state index contributed by atoms with van der Waals surface area (Å²) in [5.74, 6) is -1.09. The SMILES string of the molecule is COC(=O)C1=C(Nc2ccccc2CC(=O)N(C)C)C(=O)N(CCO)C1. The number of aliphatic hydroxyl groups is 1. The number of amides is 2. The second kappa shape index (κ2) is 8.48. The van der Waals surface area contributed by atoms with Gasteiger partial charge in [-0.15, -0.1) is 0 Å². The van der Waals surface area contributed by atoms with Gasteiger partial charge in [-0.2, -0.15) is 0 Å². The minimum absolute atomic E-state index is 0.0627. The second-order valence-corrected chi connectivity index (χ2v) is 6.04. The van der Waals surface area contributed by atoms with E-state index in [1.807, 2.05) is 0 Å². The number of para-hydroxylation sites is 1. The van der Waals surface area contributed by atoms with Gasteiger partial charge < -0.3 is 25.0 Å². The van der Waals surface area contributed by atoms with E-state index in [0.29, 0.717) is 11.3 Å². The molecule has 2 amide bonds. The number of carbonyl (C=O) groups excluding carboxylic acids is 3. The quantitative estimate of drug-likeness (QED) is 0.663. The summed E-state index contributed by atoms with van der Waals surface area (Å²) in [6.45, 7) is -0.0279. The van der Waals surface area contributed by atoms with Crippen molar-refractivity contribution < 1.29 is 24.2 Å². The van der Waals surface area contributed by atoms with E-state index in [0.717, 1.165) is 0 Å². The predicted molar refractivity (Wildman–Crippen MR) is 95.2 cm³/mol. The van der Waals surface area contributed by atoms with E-state index in [2.05, 4.69) is 5.32 Å². The van der Waals surface area contributed by atoms with Crippen molar-refractivity contribution in [1.29, 1.82) is 0 Å². The molecule has 0 radical (unpaired) electrons. The lowest BCUT2D eigenvalue weighted by Crippen LogP contribution is -2.31. The molecule has 2 rings (SSSR count). The van der Waals surface area contributed by atoms with Gasteiger partial charge >= 0.3 is 5.97 Å². The molecule has 0 atom stereocenters. The Morgan fingerprint density at radius 1 is 1.31 bits per heavy atom. The van der Waals surface area contributed by atoms with Crippen LogP contribution >= 0.6 is 0 Å². The summed E-state index contributed by atoms with van der Waals surface area (Å²) >= 11 is 0. The Morgan fingerprint density at radius 2 is 2.00 bits per heavy atom. The number of benzene rings is 1. The van der Waals surface area contributed by atoms with Gasteiger partial charge in [-0.3, -0.25) is 9.59 Å². The summed E-state index contributed by atoms with van der Waals surface area (Å²) in [7, 11) is 4.59. The van der Waals surface area contributed by atoms with E-state index >= 15 is 0 Å². The minimum atomic E-state index is -0.608. The number of rotatable bonds is 7. The number of β-amino-alcohol motifs (C(OH)–C–C–N with tert-alkyl or cyclic N) is 1. The number of anilines is 1. The third kappa shape index (κ3) is 4.20. The maximum Gasteiger partial charge on any atom is 0.337 e. The molecule has 1 aromatic rings.